The number of nitrogens with zero attached hydrogens (tertiary/aromatic N) is 4. The van der Waals surface area contributed by atoms with Crippen molar-refractivity contribution in [3.63, 3.8) is 0 Å². The number of nitriles is 1. The molecule has 176 valence electrons. The van der Waals surface area contributed by atoms with Crippen molar-refractivity contribution in [3.8, 4) is 23.2 Å². The number of aliphatic hydroxyl groups is 1. The van der Waals surface area contributed by atoms with Gasteiger partial charge in [-0.25, -0.2) is 0 Å². The minimum atomic E-state index is -0.228. The standard InChI is InChI=1S/C26H28N4O4/c1-15(2)33-21-7-6-16(11-18(21)14-27)24-28-25(34-29-24)19-5-4-8-26(3)20(19)12-17-13-22(32)30(9-10-31)23(17)26/h4-7,11,15,17,23,31H,8-10,12-13H2,1-3H3/t17-,23+,26?/m0/s1. The lowest BCUT2D eigenvalue weighted by molar-refractivity contribution is -0.130. The van der Waals surface area contributed by atoms with E-state index >= 15 is 0 Å². The Balaban J connectivity index is 1.49. The molecule has 8 heteroatoms. The molecule has 3 atom stereocenters. The molecule has 1 saturated heterocycles. The molecule has 2 aromatic rings. The molecule has 2 aliphatic carbocycles. The lowest BCUT2D eigenvalue weighted by Gasteiger charge is -2.39. The van der Waals surface area contributed by atoms with Crippen molar-refractivity contribution >= 4 is 11.5 Å². The van der Waals surface area contributed by atoms with E-state index in [1.807, 2.05) is 30.9 Å². The number of likely N-dealkylation sites (tertiary alicyclic amines) is 1. The van der Waals surface area contributed by atoms with Crippen LogP contribution in [-0.4, -0.2) is 51.4 Å². The number of hydrogen-bond donors (Lipinski definition) is 1. The van der Waals surface area contributed by atoms with Gasteiger partial charge in [-0.15, -0.1) is 0 Å². The minimum Gasteiger partial charge on any atom is -0.490 e. The third-order valence-electron chi connectivity index (χ3n) is 7.22. The minimum absolute atomic E-state index is 0.0362. The van der Waals surface area contributed by atoms with Crippen molar-refractivity contribution in [1.29, 1.82) is 5.26 Å². The van der Waals surface area contributed by atoms with E-state index in [9.17, 15) is 15.2 Å². The number of allylic oxidation sites excluding steroid dienone is 3. The molecule has 0 radical (unpaired) electrons. The maximum Gasteiger partial charge on any atom is 0.258 e. The van der Waals surface area contributed by atoms with E-state index in [-0.39, 0.29) is 36.0 Å². The first-order valence-corrected chi connectivity index (χ1v) is 11.7. The maximum atomic E-state index is 12.5. The average molecular weight is 461 g/mol. The molecule has 1 N–H and O–H groups in total. The molecular weight excluding hydrogens is 432 g/mol. The molecule has 2 fully saturated rings. The Morgan fingerprint density at radius 1 is 1.38 bits per heavy atom. The predicted molar refractivity (Wildman–Crippen MR) is 124 cm³/mol. The van der Waals surface area contributed by atoms with Gasteiger partial charge in [0.25, 0.3) is 5.89 Å². The number of hydrogen-bond acceptors (Lipinski definition) is 7. The summed E-state index contributed by atoms with van der Waals surface area (Å²) in [6.07, 6.45) is 6.24. The lowest BCUT2D eigenvalue weighted by Crippen LogP contribution is -2.45. The molecule has 8 nitrogen and oxygen atoms in total. The van der Waals surface area contributed by atoms with E-state index in [1.165, 1.54) is 5.57 Å². The summed E-state index contributed by atoms with van der Waals surface area (Å²) in [5.41, 5.74) is 3.02. The van der Waals surface area contributed by atoms with Crippen LogP contribution in [0.15, 0.2) is 40.4 Å². The van der Waals surface area contributed by atoms with E-state index in [1.54, 1.807) is 12.1 Å². The molecule has 0 spiro atoms. The van der Waals surface area contributed by atoms with Crippen LogP contribution in [0.25, 0.3) is 17.0 Å². The van der Waals surface area contributed by atoms with Gasteiger partial charge < -0.3 is 19.3 Å². The van der Waals surface area contributed by atoms with Gasteiger partial charge in [-0.1, -0.05) is 24.2 Å². The quantitative estimate of drug-likeness (QED) is 0.699. The Morgan fingerprint density at radius 3 is 2.94 bits per heavy atom. The van der Waals surface area contributed by atoms with Crippen LogP contribution >= 0.6 is 0 Å². The monoisotopic (exact) mass is 460 g/mol. The summed E-state index contributed by atoms with van der Waals surface area (Å²) in [5, 5.41) is 23.2. The first kappa shape index (κ1) is 22.4. The second-order valence-corrected chi connectivity index (χ2v) is 9.75. The zero-order valence-corrected chi connectivity index (χ0v) is 19.6. The Labute approximate surface area is 198 Å². The molecule has 1 aromatic heterocycles. The van der Waals surface area contributed by atoms with Gasteiger partial charge in [-0.2, -0.15) is 10.2 Å². The highest BCUT2D eigenvalue weighted by Crippen LogP contribution is 2.58. The fourth-order valence-corrected chi connectivity index (χ4v) is 5.90. The molecule has 1 amide bonds. The summed E-state index contributed by atoms with van der Waals surface area (Å²) in [7, 11) is 0. The fraction of sp³-hybridized carbons (Fsp3) is 0.462. The summed E-state index contributed by atoms with van der Waals surface area (Å²) in [5.74, 6) is 1.72. The van der Waals surface area contributed by atoms with Crippen LogP contribution in [0.5, 0.6) is 5.75 Å². The van der Waals surface area contributed by atoms with Crippen molar-refractivity contribution in [3.05, 3.63) is 47.4 Å². The second kappa shape index (κ2) is 8.41. The second-order valence-electron chi connectivity index (χ2n) is 9.75. The smallest absolute Gasteiger partial charge is 0.258 e. The molecule has 5 rings (SSSR count). The summed E-state index contributed by atoms with van der Waals surface area (Å²) in [4.78, 5) is 19.1. The van der Waals surface area contributed by atoms with E-state index in [0.717, 1.165) is 18.4 Å². The van der Waals surface area contributed by atoms with Gasteiger partial charge in [-0.3, -0.25) is 4.79 Å². The third-order valence-corrected chi connectivity index (χ3v) is 7.22. The Morgan fingerprint density at radius 2 is 2.21 bits per heavy atom. The topological polar surface area (TPSA) is 112 Å². The van der Waals surface area contributed by atoms with Crippen LogP contribution in [0.3, 0.4) is 0 Å². The Bertz CT molecular complexity index is 1240. The van der Waals surface area contributed by atoms with E-state index in [0.29, 0.717) is 41.6 Å². The number of β-amino-alcohol motifs (C(OH)–C–C–N with tert-alkyl or cyclic N) is 1. The van der Waals surface area contributed by atoms with E-state index < -0.39 is 0 Å². The molecule has 34 heavy (non-hydrogen) atoms. The number of carbonyl (C=O) groups is 1. The highest BCUT2D eigenvalue weighted by molar-refractivity contribution is 5.82. The number of aromatic nitrogens is 2. The predicted octanol–water partition coefficient (Wildman–Crippen LogP) is 3.73. The maximum absolute atomic E-state index is 12.5. The number of rotatable bonds is 6. The molecule has 1 unspecified atom stereocenters. The average Bonchev–Trinajstić information content (AvgIpc) is 3.48. The summed E-state index contributed by atoms with van der Waals surface area (Å²) in [6, 6.07) is 7.53. The van der Waals surface area contributed by atoms with Crippen LogP contribution < -0.4 is 4.74 Å². The van der Waals surface area contributed by atoms with Gasteiger partial charge in [0.15, 0.2) is 0 Å². The van der Waals surface area contributed by atoms with Crippen LogP contribution in [0, 0.1) is 22.7 Å². The first-order valence-electron chi connectivity index (χ1n) is 11.7. The molecule has 1 aromatic carbocycles. The summed E-state index contributed by atoms with van der Waals surface area (Å²) < 4.78 is 11.4. The van der Waals surface area contributed by atoms with Crippen molar-refractivity contribution < 1.29 is 19.2 Å². The number of carbonyl (C=O) groups excluding carboxylic acids is 1. The summed E-state index contributed by atoms with van der Waals surface area (Å²) in [6.45, 7) is 6.35. The van der Waals surface area contributed by atoms with Crippen molar-refractivity contribution in [2.45, 2.75) is 52.2 Å². The molecule has 1 saturated carbocycles. The molecule has 1 aliphatic heterocycles. The summed E-state index contributed by atoms with van der Waals surface area (Å²) >= 11 is 0. The number of ether oxygens (including phenoxy) is 1. The van der Waals surface area contributed by atoms with Gasteiger partial charge in [-0.05, 0) is 56.4 Å². The molecule has 2 heterocycles. The van der Waals surface area contributed by atoms with Crippen molar-refractivity contribution in [1.82, 2.24) is 15.0 Å². The highest BCUT2D eigenvalue weighted by Gasteiger charge is 2.57. The van der Waals surface area contributed by atoms with Crippen molar-refractivity contribution in [2.75, 3.05) is 13.2 Å². The normalized spacial score (nSPS) is 25.6. The van der Waals surface area contributed by atoms with Gasteiger partial charge in [0.1, 0.15) is 11.8 Å². The number of benzene rings is 1. The van der Waals surface area contributed by atoms with Crippen LogP contribution in [0.1, 0.15) is 51.5 Å². The Hall–Kier alpha value is -3.44. The lowest BCUT2D eigenvalue weighted by atomic mass is 9.73. The van der Waals surface area contributed by atoms with E-state index in [2.05, 4.69) is 29.2 Å². The van der Waals surface area contributed by atoms with Crippen molar-refractivity contribution in [2.24, 2.45) is 11.3 Å². The van der Waals surface area contributed by atoms with Gasteiger partial charge >= 0.3 is 0 Å². The van der Waals surface area contributed by atoms with Crippen LogP contribution in [-0.2, 0) is 4.79 Å². The molecular formula is C26H28N4O4. The molecule has 0 bridgehead atoms. The fourth-order valence-electron chi connectivity index (χ4n) is 5.90. The van der Waals surface area contributed by atoms with Gasteiger partial charge in [0.05, 0.1) is 18.3 Å². The zero-order chi connectivity index (χ0) is 24.0. The Kier molecular flexibility index (Phi) is 5.53. The number of aliphatic hydroxyl groups excluding tert-OH is 1. The SMILES string of the molecule is CC(C)Oc1ccc(-c2noc(C3=C4C[C@H]5CC(=O)N(CCO)[C@H]5C4(C)CC=C3)n2)cc1C#N. The zero-order valence-electron chi connectivity index (χ0n) is 19.6. The third kappa shape index (κ3) is 3.51. The van der Waals surface area contributed by atoms with Crippen LogP contribution in [0.4, 0.5) is 0 Å². The van der Waals surface area contributed by atoms with E-state index in [4.69, 9.17) is 9.26 Å². The first-order chi connectivity index (χ1) is 16.4. The van der Waals surface area contributed by atoms with Crippen LogP contribution in [0.2, 0.25) is 0 Å². The number of amides is 1. The largest absolute Gasteiger partial charge is 0.490 e. The number of fused-ring (bicyclic) bond motifs is 3. The highest BCUT2D eigenvalue weighted by atomic mass is 16.5. The van der Waals surface area contributed by atoms with Gasteiger partial charge in [0, 0.05) is 35.6 Å². The van der Waals surface area contributed by atoms with Gasteiger partial charge in [0.2, 0.25) is 11.7 Å². The molecule has 3 aliphatic rings.